The standard InChI is InChI=1S/C14H11FIN3S/c15-12-2-1-10(8-17)14-11(12)7-13(19(14)20-16)9-3-5-18-6-4-9/h1-3,7,18H,4-6H2. The summed E-state index contributed by atoms with van der Waals surface area (Å²) in [6.45, 7) is 1.75. The van der Waals surface area contributed by atoms with Crippen LogP contribution in [0.25, 0.3) is 16.5 Å². The van der Waals surface area contributed by atoms with E-state index in [1.165, 1.54) is 20.8 Å². The summed E-state index contributed by atoms with van der Waals surface area (Å²) in [6.07, 6.45) is 3.04. The average molecular weight is 399 g/mol. The van der Waals surface area contributed by atoms with E-state index in [2.05, 4.69) is 38.7 Å². The van der Waals surface area contributed by atoms with Crippen LogP contribution in [0.2, 0.25) is 0 Å². The van der Waals surface area contributed by atoms with Gasteiger partial charge in [0.15, 0.2) is 0 Å². The first-order valence-corrected chi connectivity index (χ1v) is 9.51. The van der Waals surface area contributed by atoms with Gasteiger partial charge >= 0.3 is 0 Å². The molecule has 0 bridgehead atoms. The Hall–Kier alpha value is -1.04. The predicted octanol–water partition coefficient (Wildman–Crippen LogP) is 3.88. The van der Waals surface area contributed by atoms with Crippen molar-refractivity contribution in [2.45, 2.75) is 6.42 Å². The maximum Gasteiger partial charge on any atom is 0.132 e. The van der Waals surface area contributed by atoms with Crippen LogP contribution in [0.1, 0.15) is 17.7 Å². The summed E-state index contributed by atoms with van der Waals surface area (Å²) >= 11 is 2.17. The van der Waals surface area contributed by atoms with Gasteiger partial charge < -0.3 is 5.32 Å². The van der Waals surface area contributed by atoms with Crippen molar-refractivity contribution in [2.24, 2.45) is 0 Å². The molecule has 1 aromatic carbocycles. The van der Waals surface area contributed by atoms with E-state index in [0.717, 1.165) is 25.2 Å². The lowest BCUT2D eigenvalue weighted by molar-refractivity contribution is 0.640. The van der Waals surface area contributed by atoms with E-state index in [1.807, 2.05) is 10.0 Å². The average Bonchev–Trinajstić information content (AvgIpc) is 2.89. The minimum absolute atomic E-state index is 0.279. The minimum Gasteiger partial charge on any atom is -0.313 e. The first-order chi connectivity index (χ1) is 9.76. The third kappa shape index (κ3) is 2.24. The summed E-state index contributed by atoms with van der Waals surface area (Å²) in [5.41, 5.74) is 3.36. The number of hydrogen-bond acceptors (Lipinski definition) is 3. The van der Waals surface area contributed by atoms with Crippen LogP contribution in [-0.2, 0) is 0 Å². The number of benzene rings is 1. The van der Waals surface area contributed by atoms with Gasteiger partial charge in [-0.05, 0) is 36.7 Å². The van der Waals surface area contributed by atoms with Gasteiger partial charge in [0.1, 0.15) is 11.9 Å². The maximum atomic E-state index is 14.0. The number of fused-ring (bicyclic) bond motifs is 1. The van der Waals surface area contributed by atoms with Crippen molar-refractivity contribution in [3.63, 3.8) is 0 Å². The van der Waals surface area contributed by atoms with Crippen LogP contribution in [0.5, 0.6) is 0 Å². The highest BCUT2D eigenvalue weighted by Gasteiger charge is 2.19. The van der Waals surface area contributed by atoms with Crippen molar-refractivity contribution in [3.8, 4) is 6.07 Å². The first-order valence-electron chi connectivity index (χ1n) is 6.19. The van der Waals surface area contributed by atoms with Crippen molar-refractivity contribution in [1.29, 1.82) is 5.26 Å². The predicted molar refractivity (Wildman–Crippen MR) is 89.1 cm³/mol. The van der Waals surface area contributed by atoms with E-state index in [4.69, 9.17) is 0 Å². The number of hydrogen-bond donors (Lipinski definition) is 1. The molecule has 0 saturated carbocycles. The summed E-state index contributed by atoms with van der Waals surface area (Å²) in [6, 6.07) is 6.92. The number of halogens is 2. The van der Waals surface area contributed by atoms with E-state index in [0.29, 0.717) is 16.5 Å². The molecule has 102 valence electrons. The Labute approximate surface area is 132 Å². The molecule has 0 spiro atoms. The largest absolute Gasteiger partial charge is 0.313 e. The van der Waals surface area contributed by atoms with E-state index >= 15 is 0 Å². The third-order valence-electron chi connectivity index (χ3n) is 3.45. The van der Waals surface area contributed by atoms with Crippen LogP contribution in [0.4, 0.5) is 4.39 Å². The molecule has 0 radical (unpaired) electrons. The van der Waals surface area contributed by atoms with Gasteiger partial charge in [-0.2, -0.15) is 5.26 Å². The molecule has 1 aliphatic heterocycles. The maximum absolute atomic E-state index is 14.0. The molecule has 0 saturated heterocycles. The van der Waals surface area contributed by atoms with Gasteiger partial charge in [0.2, 0.25) is 0 Å². The van der Waals surface area contributed by atoms with E-state index in [9.17, 15) is 9.65 Å². The molecule has 20 heavy (non-hydrogen) atoms. The van der Waals surface area contributed by atoms with Crippen LogP contribution in [0.15, 0.2) is 24.3 Å². The molecule has 2 aromatic rings. The smallest absolute Gasteiger partial charge is 0.132 e. The lowest BCUT2D eigenvalue weighted by Crippen LogP contribution is -2.20. The fraction of sp³-hybridized carbons (Fsp3) is 0.214. The summed E-state index contributed by atoms with van der Waals surface area (Å²) in [4.78, 5) is 0. The molecule has 0 atom stereocenters. The zero-order valence-corrected chi connectivity index (χ0v) is 13.5. The molecule has 0 unspecified atom stereocenters. The lowest BCUT2D eigenvalue weighted by atomic mass is 10.1. The van der Waals surface area contributed by atoms with Gasteiger partial charge in [0.25, 0.3) is 0 Å². The van der Waals surface area contributed by atoms with Crippen molar-refractivity contribution in [3.05, 3.63) is 41.3 Å². The Balaban J connectivity index is 2.31. The summed E-state index contributed by atoms with van der Waals surface area (Å²) in [5, 5.41) is 13.0. The van der Waals surface area contributed by atoms with Crippen LogP contribution >= 0.6 is 30.3 Å². The van der Waals surface area contributed by atoms with Gasteiger partial charge in [0.05, 0.1) is 16.8 Å². The topological polar surface area (TPSA) is 40.8 Å². The number of nitrogens with zero attached hydrogens (tertiary/aromatic N) is 2. The quantitative estimate of drug-likeness (QED) is 0.780. The van der Waals surface area contributed by atoms with Crippen molar-refractivity contribution >= 4 is 46.8 Å². The minimum atomic E-state index is -0.279. The fourth-order valence-electron chi connectivity index (χ4n) is 2.50. The van der Waals surface area contributed by atoms with Gasteiger partial charge in [-0.1, -0.05) is 6.08 Å². The van der Waals surface area contributed by atoms with Crippen molar-refractivity contribution in [2.75, 3.05) is 13.1 Å². The van der Waals surface area contributed by atoms with E-state index in [-0.39, 0.29) is 5.82 Å². The molecule has 0 aliphatic carbocycles. The highest BCUT2D eigenvalue weighted by atomic mass is 127. The zero-order valence-electron chi connectivity index (χ0n) is 10.5. The number of nitriles is 1. The normalized spacial score (nSPS) is 15.2. The third-order valence-corrected chi connectivity index (χ3v) is 5.15. The van der Waals surface area contributed by atoms with E-state index < -0.39 is 0 Å². The molecule has 0 amide bonds. The SMILES string of the molecule is N#Cc1ccc(F)c2cc(C3=CCNCC3)n(SI)c12. The molecule has 3 rings (SSSR count). The number of rotatable bonds is 2. The van der Waals surface area contributed by atoms with Gasteiger partial charge in [-0.25, -0.2) is 4.39 Å². The number of aromatic nitrogens is 1. The second kappa shape index (κ2) is 5.76. The Bertz CT molecular complexity index is 745. The second-order valence-electron chi connectivity index (χ2n) is 4.55. The Morgan fingerprint density at radius 1 is 1.45 bits per heavy atom. The van der Waals surface area contributed by atoms with Gasteiger partial charge in [-0.15, -0.1) is 0 Å². The zero-order chi connectivity index (χ0) is 14.1. The molecule has 6 heteroatoms. The summed E-state index contributed by atoms with van der Waals surface area (Å²) in [7, 11) is 1.47. The molecule has 1 aliphatic rings. The van der Waals surface area contributed by atoms with Crippen molar-refractivity contribution < 1.29 is 4.39 Å². The molecule has 0 fully saturated rings. The Morgan fingerprint density at radius 3 is 2.95 bits per heavy atom. The van der Waals surface area contributed by atoms with Crippen molar-refractivity contribution in [1.82, 2.24) is 9.29 Å². The Kier molecular flexibility index (Phi) is 4.01. The molecule has 1 N–H and O–H groups in total. The monoisotopic (exact) mass is 399 g/mol. The van der Waals surface area contributed by atoms with E-state index in [1.54, 1.807) is 6.07 Å². The van der Waals surface area contributed by atoms with Gasteiger partial charge in [-0.3, -0.25) is 3.97 Å². The number of nitrogens with one attached hydrogen (secondary N) is 1. The second-order valence-corrected chi connectivity index (χ2v) is 6.23. The van der Waals surface area contributed by atoms with Crippen LogP contribution in [-0.4, -0.2) is 17.1 Å². The molecule has 1 aromatic heterocycles. The van der Waals surface area contributed by atoms with Crippen LogP contribution in [0.3, 0.4) is 0 Å². The van der Waals surface area contributed by atoms with Crippen LogP contribution in [0, 0.1) is 17.1 Å². The molecular weight excluding hydrogens is 388 g/mol. The lowest BCUT2D eigenvalue weighted by Gasteiger charge is -2.15. The molecule has 2 heterocycles. The van der Waals surface area contributed by atoms with Gasteiger partial charge in [0, 0.05) is 42.3 Å². The van der Waals surface area contributed by atoms with Crippen LogP contribution < -0.4 is 5.32 Å². The fourth-order valence-corrected chi connectivity index (χ4v) is 4.23. The first kappa shape index (κ1) is 13.9. The highest BCUT2D eigenvalue weighted by molar-refractivity contribution is 14.2. The Morgan fingerprint density at radius 2 is 2.30 bits per heavy atom. The molecule has 3 nitrogen and oxygen atoms in total. The summed E-state index contributed by atoms with van der Waals surface area (Å²) < 4.78 is 16.0. The highest BCUT2D eigenvalue weighted by Crippen LogP contribution is 2.36. The summed E-state index contributed by atoms with van der Waals surface area (Å²) in [5.74, 6) is -0.279. The molecular formula is C14H11FIN3S.